The summed E-state index contributed by atoms with van der Waals surface area (Å²) in [6, 6.07) is 8.21. The SMILES string of the molecule is C=CC1CCC1(C[C@H]1CN(S(=O)(=O)c2cccc(C(F)(F)F)c2)c2cc(Br)ccc2O1)C(=O)O. The smallest absolute Gasteiger partial charge is 0.416 e. The molecule has 1 fully saturated rings. The highest BCUT2D eigenvalue weighted by Gasteiger charge is 2.54. The Balaban J connectivity index is 1.75. The summed E-state index contributed by atoms with van der Waals surface area (Å²) in [5.74, 6) is -1.10. The summed E-state index contributed by atoms with van der Waals surface area (Å²) in [7, 11) is -4.43. The van der Waals surface area contributed by atoms with Gasteiger partial charge in [0, 0.05) is 10.9 Å². The first-order valence-corrected chi connectivity index (χ1v) is 12.6. The van der Waals surface area contributed by atoms with Gasteiger partial charge < -0.3 is 9.84 Å². The minimum atomic E-state index is -4.71. The fraction of sp³-hybridized carbons (Fsp3) is 0.348. The number of carboxylic acids is 1. The third-order valence-electron chi connectivity index (χ3n) is 6.52. The predicted octanol–water partition coefficient (Wildman–Crippen LogP) is 5.48. The Morgan fingerprint density at radius 2 is 2.03 bits per heavy atom. The minimum absolute atomic E-state index is 0.0309. The van der Waals surface area contributed by atoms with Crippen LogP contribution >= 0.6 is 15.9 Å². The maximum absolute atomic E-state index is 13.5. The molecule has 11 heteroatoms. The number of carbonyl (C=O) groups is 1. The number of halogens is 4. The highest BCUT2D eigenvalue weighted by molar-refractivity contribution is 9.10. The number of aliphatic carboxylic acids is 1. The molecule has 2 unspecified atom stereocenters. The minimum Gasteiger partial charge on any atom is -0.486 e. The molecule has 6 nitrogen and oxygen atoms in total. The molecule has 3 atom stereocenters. The summed E-state index contributed by atoms with van der Waals surface area (Å²) in [5.41, 5.74) is -2.06. The van der Waals surface area contributed by atoms with E-state index in [-0.39, 0.29) is 30.3 Å². The summed E-state index contributed by atoms with van der Waals surface area (Å²) in [4.78, 5) is 11.6. The van der Waals surface area contributed by atoms with E-state index in [2.05, 4.69) is 22.5 Å². The van der Waals surface area contributed by atoms with Gasteiger partial charge in [-0.1, -0.05) is 28.1 Å². The molecule has 0 radical (unpaired) electrons. The summed E-state index contributed by atoms with van der Waals surface area (Å²) in [6.45, 7) is 3.46. The lowest BCUT2D eigenvalue weighted by atomic mass is 9.57. The third kappa shape index (κ3) is 4.19. The van der Waals surface area contributed by atoms with Crippen LogP contribution in [0, 0.1) is 11.3 Å². The Morgan fingerprint density at radius 1 is 1.29 bits per heavy atom. The first-order valence-electron chi connectivity index (χ1n) is 10.4. The van der Waals surface area contributed by atoms with E-state index in [9.17, 15) is 31.5 Å². The molecule has 4 rings (SSSR count). The molecule has 2 aromatic carbocycles. The van der Waals surface area contributed by atoms with E-state index < -0.39 is 44.1 Å². The molecule has 0 bridgehead atoms. The molecule has 2 aliphatic rings. The van der Waals surface area contributed by atoms with Crippen LogP contribution in [0.4, 0.5) is 18.9 Å². The zero-order chi connectivity index (χ0) is 24.9. The second-order valence-electron chi connectivity index (χ2n) is 8.46. The lowest BCUT2D eigenvalue weighted by molar-refractivity contribution is -0.161. The van der Waals surface area contributed by atoms with Crippen LogP contribution in [0.1, 0.15) is 24.8 Å². The molecule has 2 aromatic rings. The Hall–Kier alpha value is -2.53. The van der Waals surface area contributed by atoms with E-state index in [1.165, 1.54) is 6.07 Å². The number of ether oxygens (including phenoxy) is 1. The molecule has 1 aliphatic carbocycles. The Morgan fingerprint density at radius 3 is 2.62 bits per heavy atom. The quantitative estimate of drug-likeness (QED) is 0.473. The van der Waals surface area contributed by atoms with E-state index in [0.29, 0.717) is 23.4 Å². The highest BCUT2D eigenvalue weighted by Crippen LogP contribution is 2.52. The maximum Gasteiger partial charge on any atom is 0.416 e. The van der Waals surface area contributed by atoms with E-state index in [0.717, 1.165) is 22.5 Å². The van der Waals surface area contributed by atoms with Crippen molar-refractivity contribution in [1.82, 2.24) is 0 Å². The van der Waals surface area contributed by atoms with Gasteiger partial charge in [-0.2, -0.15) is 13.2 Å². The van der Waals surface area contributed by atoms with E-state index in [1.807, 2.05) is 0 Å². The van der Waals surface area contributed by atoms with Crippen LogP contribution < -0.4 is 9.04 Å². The first-order chi connectivity index (χ1) is 15.9. The molecule has 1 aliphatic heterocycles. The first kappa shape index (κ1) is 24.6. The van der Waals surface area contributed by atoms with Gasteiger partial charge >= 0.3 is 12.1 Å². The number of sulfonamides is 1. The van der Waals surface area contributed by atoms with Crippen LogP contribution in [-0.2, 0) is 21.0 Å². The number of alkyl halides is 3. The molecule has 34 heavy (non-hydrogen) atoms. The van der Waals surface area contributed by atoms with Crippen LogP contribution in [0.15, 0.2) is 64.5 Å². The zero-order valence-electron chi connectivity index (χ0n) is 17.8. The topological polar surface area (TPSA) is 83.9 Å². The average molecular weight is 560 g/mol. The lowest BCUT2D eigenvalue weighted by Gasteiger charge is -2.47. The molecule has 1 saturated carbocycles. The van der Waals surface area contributed by atoms with Crippen molar-refractivity contribution in [3.63, 3.8) is 0 Å². The molecule has 0 aromatic heterocycles. The second-order valence-corrected chi connectivity index (χ2v) is 11.2. The number of carboxylic acid groups (broad SMARTS) is 1. The molecular weight excluding hydrogens is 539 g/mol. The summed E-state index contributed by atoms with van der Waals surface area (Å²) in [6.07, 6.45) is -2.87. The van der Waals surface area contributed by atoms with E-state index in [1.54, 1.807) is 18.2 Å². The van der Waals surface area contributed by atoms with Crippen LogP contribution in [0.5, 0.6) is 5.75 Å². The molecule has 0 saturated heterocycles. The Labute approximate surface area is 203 Å². The normalized spacial score (nSPS) is 24.5. The van der Waals surface area contributed by atoms with E-state index in [4.69, 9.17) is 4.74 Å². The van der Waals surface area contributed by atoms with Crippen molar-refractivity contribution in [1.29, 1.82) is 0 Å². The average Bonchev–Trinajstić information content (AvgIpc) is 2.75. The number of rotatable bonds is 6. The van der Waals surface area contributed by atoms with Crippen LogP contribution in [-0.4, -0.2) is 32.1 Å². The summed E-state index contributed by atoms with van der Waals surface area (Å²) < 4.78 is 74.3. The van der Waals surface area contributed by atoms with Gasteiger partial charge in [-0.3, -0.25) is 9.10 Å². The number of hydrogen-bond donors (Lipinski definition) is 1. The van der Waals surface area contributed by atoms with Gasteiger partial charge in [-0.25, -0.2) is 8.42 Å². The fourth-order valence-corrected chi connectivity index (χ4v) is 6.49. The van der Waals surface area contributed by atoms with Gasteiger partial charge in [-0.05, 0) is 55.2 Å². The van der Waals surface area contributed by atoms with Crippen molar-refractivity contribution in [2.75, 3.05) is 10.8 Å². The summed E-state index contributed by atoms with van der Waals surface area (Å²) >= 11 is 3.28. The number of hydrogen-bond acceptors (Lipinski definition) is 4. The molecule has 182 valence electrons. The predicted molar refractivity (Wildman–Crippen MR) is 122 cm³/mol. The number of allylic oxidation sites excluding steroid dienone is 1. The summed E-state index contributed by atoms with van der Waals surface area (Å²) in [5, 5.41) is 9.91. The van der Waals surface area contributed by atoms with E-state index >= 15 is 0 Å². The van der Waals surface area contributed by atoms with Gasteiger partial charge in [0.05, 0.1) is 28.1 Å². The van der Waals surface area contributed by atoms with Crippen molar-refractivity contribution in [2.45, 2.75) is 36.4 Å². The van der Waals surface area contributed by atoms with Crippen molar-refractivity contribution in [2.24, 2.45) is 11.3 Å². The van der Waals surface area contributed by atoms with Gasteiger partial charge in [0.2, 0.25) is 0 Å². The van der Waals surface area contributed by atoms with Gasteiger partial charge in [-0.15, -0.1) is 6.58 Å². The van der Waals surface area contributed by atoms with Gasteiger partial charge in [0.15, 0.2) is 0 Å². The molecule has 0 spiro atoms. The number of anilines is 1. The molecule has 1 heterocycles. The van der Waals surface area contributed by atoms with Crippen LogP contribution in [0.25, 0.3) is 0 Å². The van der Waals surface area contributed by atoms with Gasteiger partial charge in [0.1, 0.15) is 11.9 Å². The second kappa shape index (κ2) is 8.60. The largest absolute Gasteiger partial charge is 0.486 e. The third-order valence-corrected chi connectivity index (χ3v) is 8.78. The van der Waals surface area contributed by atoms with Crippen LogP contribution in [0.2, 0.25) is 0 Å². The Kier molecular flexibility index (Phi) is 6.22. The van der Waals surface area contributed by atoms with Gasteiger partial charge in [0.25, 0.3) is 10.0 Å². The molecule has 0 amide bonds. The standard InChI is InChI=1S/C23H21BrF3NO5S/c1-2-14-8-9-22(14,21(29)30)12-17-13-28(19-11-16(24)6-7-20(19)33-17)34(31,32)18-5-3-4-15(10-18)23(25,26)27/h2-7,10-11,14,17H,1,8-9,12-13H2,(H,29,30)/t14?,17-,22?/m0/s1. The fourth-order valence-electron chi connectivity index (χ4n) is 4.59. The Bertz CT molecular complexity index is 1250. The molecular formula is C23H21BrF3NO5S. The van der Waals surface area contributed by atoms with Crippen molar-refractivity contribution < 1.29 is 36.2 Å². The molecule has 1 N–H and O–H groups in total. The van der Waals surface area contributed by atoms with Crippen LogP contribution in [0.3, 0.4) is 0 Å². The number of fused-ring (bicyclic) bond motifs is 1. The number of nitrogens with zero attached hydrogens (tertiary/aromatic N) is 1. The lowest BCUT2D eigenvalue weighted by Crippen LogP contribution is -2.52. The van der Waals surface area contributed by atoms with Crippen molar-refractivity contribution in [3.05, 3.63) is 65.2 Å². The monoisotopic (exact) mass is 559 g/mol. The van der Waals surface area contributed by atoms with Crippen molar-refractivity contribution >= 4 is 37.6 Å². The zero-order valence-corrected chi connectivity index (χ0v) is 20.2. The number of benzene rings is 2. The maximum atomic E-state index is 13.5. The highest BCUT2D eigenvalue weighted by atomic mass is 79.9. The van der Waals surface area contributed by atoms with Crippen molar-refractivity contribution in [3.8, 4) is 5.75 Å².